The molecule has 0 aliphatic rings. The highest BCUT2D eigenvalue weighted by atomic mass is 19.4. The molecule has 7 heteroatoms. The minimum atomic E-state index is -4.91. The van der Waals surface area contributed by atoms with Crippen LogP contribution in [0, 0.1) is 0 Å². The molecule has 0 saturated carbocycles. The Labute approximate surface area is 115 Å². The van der Waals surface area contributed by atoms with Crippen LogP contribution in [0.25, 0.3) is 0 Å². The molecule has 1 rings (SSSR count). The summed E-state index contributed by atoms with van der Waals surface area (Å²) in [6, 6.07) is 6.09. The van der Waals surface area contributed by atoms with Crippen LogP contribution in [0.1, 0.15) is 19.4 Å². The van der Waals surface area contributed by atoms with E-state index in [1.54, 1.807) is 31.3 Å². The molecule has 0 aliphatic heterocycles. The Kier molecular flexibility index (Phi) is 5.13. The average Bonchev–Trinajstić information content (AvgIpc) is 2.36. The maximum Gasteiger partial charge on any atom is 0.471 e. The van der Waals surface area contributed by atoms with Crippen molar-refractivity contribution < 1.29 is 23.1 Å². The third-order valence-corrected chi connectivity index (χ3v) is 2.61. The first-order valence-electron chi connectivity index (χ1n) is 5.97. The standard InChI is InChI=1S/C13H17F3N2O2/c1-12(2,8-19)17-7-9-4-3-5-10(6-9)18-11(20)13(14,15)16/h3-6,17,19H,7-8H2,1-2H3,(H,18,20). The molecule has 4 nitrogen and oxygen atoms in total. The zero-order valence-electron chi connectivity index (χ0n) is 11.2. The molecule has 0 heterocycles. The molecule has 0 saturated heterocycles. The molecule has 1 amide bonds. The summed E-state index contributed by atoms with van der Waals surface area (Å²) in [7, 11) is 0. The first-order chi connectivity index (χ1) is 9.14. The van der Waals surface area contributed by atoms with Crippen molar-refractivity contribution in [2.45, 2.75) is 32.1 Å². The molecule has 0 radical (unpaired) electrons. The van der Waals surface area contributed by atoms with Gasteiger partial charge in [-0.3, -0.25) is 4.79 Å². The predicted molar refractivity (Wildman–Crippen MR) is 69.1 cm³/mol. The highest BCUT2D eigenvalue weighted by Crippen LogP contribution is 2.19. The molecular formula is C13H17F3N2O2. The van der Waals surface area contributed by atoms with E-state index in [0.29, 0.717) is 12.1 Å². The summed E-state index contributed by atoms with van der Waals surface area (Å²) in [6.07, 6.45) is -4.91. The molecular weight excluding hydrogens is 273 g/mol. The molecule has 0 aliphatic carbocycles. The lowest BCUT2D eigenvalue weighted by atomic mass is 10.1. The van der Waals surface area contributed by atoms with Crippen LogP contribution in [0.2, 0.25) is 0 Å². The van der Waals surface area contributed by atoms with Gasteiger partial charge in [0.1, 0.15) is 0 Å². The van der Waals surface area contributed by atoms with Crippen LogP contribution in [0.5, 0.6) is 0 Å². The van der Waals surface area contributed by atoms with Gasteiger partial charge in [-0.1, -0.05) is 12.1 Å². The van der Waals surface area contributed by atoms with Gasteiger partial charge in [-0.15, -0.1) is 0 Å². The van der Waals surface area contributed by atoms with Crippen molar-refractivity contribution in [3.05, 3.63) is 29.8 Å². The van der Waals surface area contributed by atoms with E-state index in [4.69, 9.17) is 5.11 Å². The monoisotopic (exact) mass is 290 g/mol. The number of nitrogens with one attached hydrogen (secondary N) is 2. The predicted octanol–water partition coefficient (Wildman–Crippen LogP) is 2.05. The van der Waals surface area contributed by atoms with Gasteiger partial charge in [0, 0.05) is 17.8 Å². The second kappa shape index (κ2) is 6.23. The van der Waals surface area contributed by atoms with Gasteiger partial charge in [-0.2, -0.15) is 13.2 Å². The van der Waals surface area contributed by atoms with Gasteiger partial charge in [0.25, 0.3) is 0 Å². The number of anilines is 1. The smallest absolute Gasteiger partial charge is 0.394 e. The molecule has 112 valence electrons. The number of hydrogen-bond acceptors (Lipinski definition) is 3. The second-order valence-corrected chi connectivity index (χ2v) is 5.05. The first kappa shape index (κ1) is 16.5. The summed E-state index contributed by atoms with van der Waals surface area (Å²) in [5.41, 5.74) is 0.283. The van der Waals surface area contributed by atoms with E-state index in [0.717, 1.165) is 0 Å². The van der Waals surface area contributed by atoms with Crippen molar-refractivity contribution in [2.75, 3.05) is 11.9 Å². The number of benzene rings is 1. The number of rotatable bonds is 5. The Morgan fingerprint density at radius 2 is 1.95 bits per heavy atom. The number of aliphatic hydroxyl groups is 1. The van der Waals surface area contributed by atoms with E-state index >= 15 is 0 Å². The average molecular weight is 290 g/mol. The lowest BCUT2D eigenvalue weighted by molar-refractivity contribution is -0.167. The van der Waals surface area contributed by atoms with Gasteiger partial charge in [0.15, 0.2) is 0 Å². The topological polar surface area (TPSA) is 61.4 Å². The van der Waals surface area contributed by atoms with E-state index in [9.17, 15) is 18.0 Å². The zero-order valence-corrected chi connectivity index (χ0v) is 11.2. The number of halogens is 3. The van der Waals surface area contributed by atoms with Crippen LogP contribution >= 0.6 is 0 Å². The number of carbonyl (C=O) groups is 1. The van der Waals surface area contributed by atoms with Gasteiger partial charge < -0.3 is 15.7 Å². The number of aliphatic hydroxyl groups excluding tert-OH is 1. The molecule has 1 aromatic carbocycles. The van der Waals surface area contributed by atoms with Crippen LogP contribution < -0.4 is 10.6 Å². The van der Waals surface area contributed by atoms with Crippen LogP contribution in [-0.2, 0) is 11.3 Å². The van der Waals surface area contributed by atoms with E-state index in [2.05, 4.69) is 5.32 Å². The maximum absolute atomic E-state index is 12.1. The van der Waals surface area contributed by atoms with Crippen LogP contribution in [0.15, 0.2) is 24.3 Å². The molecule has 0 unspecified atom stereocenters. The van der Waals surface area contributed by atoms with Crippen molar-refractivity contribution in [2.24, 2.45) is 0 Å². The molecule has 0 spiro atoms. The fourth-order valence-corrected chi connectivity index (χ4v) is 1.36. The van der Waals surface area contributed by atoms with Gasteiger partial charge in [-0.25, -0.2) is 0 Å². The second-order valence-electron chi connectivity index (χ2n) is 5.05. The van der Waals surface area contributed by atoms with Gasteiger partial charge in [-0.05, 0) is 31.5 Å². The highest BCUT2D eigenvalue weighted by Gasteiger charge is 2.38. The minimum absolute atomic E-state index is 0.0719. The molecule has 20 heavy (non-hydrogen) atoms. The molecule has 0 aromatic heterocycles. The normalized spacial score (nSPS) is 12.3. The summed E-state index contributed by atoms with van der Waals surface area (Å²) in [5.74, 6) is -2.00. The Bertz CT molecular complexity index is 473. The highest BCUT2D eigenvalue weighted by molar-refractivity contribution is 5.94. The van der Waals surface area contributed by atoms with Crippen molar-refractivity contribution in [3.63, 3.8) is 0 Å². The van der Waals surface area contributed by atoms with Crippen molar-refractivity contribution in [1.29, 1.82) is 0 Å². The van der Waals surface area contributed by atoms with Crippen molar-refractivity contribution in [1.82, 2.24) is 5.32 Å². The zero-order chi connectivity index (χ0) is 15.4. The number of amides is 1. The van der Waals surface area contributed by atoms with Gasteiger partial charge in [0.05, 0.1) is 6.61 Å². The molecule has 1 aromatic rings. The molecule has 0 bridgehead atoms. The number of carbonyl (C=O) groups excluding carboxylic acids is 1. The van der Waals surface area contributed by atoms with Crippen molar-refractivity contribution >= 4 is 11.6 Å². The summed E-state index contributed by atoms with van der Waals surface area (Å²) < 4.78 is 36.4. The van der Waals surface area contributed by atoms with Gasteiger partial charge in [0.2, 0.25) is 0 Å². The van der Waals surface area contributed by atoms with Crippen molar-refractivity contribution in [3.8, 4) is 0 Å². The lowest BCUT2D eigenvalue weighted by Gasteiger charge is -2.23. The van der Waals surface area contributed by atoms with E-state index < -0.39 is 17.6 Å². The summed E-state index contributed by atoms with van der Waals surface area (Å²) in [6.45, 7) is 3.88. The number of hydrogen-bond donors (Lipinski definition) is 3. The maximum atomic E-state index is 12.1. The summed E-state index contributed by atoms with van der Waals surface area (Å²) in [4.78, 5) is 10.8. The van der Waals surface area contributed by atoms with Crippen LogP contribution in [0.4, 0.5) is 18.9 Å². The Hall–Kier alpha value is -1.60. The quantitative estimate of drug-likeness (QED) is 0.778. The SMILES string of the molecule is CC(C)(CO)NCc1cccc(NC(=O)C(F)(F)F)c1. The Balaban J connectivity index is 2.69. The van der Waals surface area contributed by atoms with Crippen LogP contribution in [0.3, 0.4) is 0 Å². The third kappa shape index (κ3) is 5.18. The summed E-state index contributed by atoms with van der Waals surface area (Å²) >= 11 is 0. The van der Waals surface area contributed by atoms with E-state index in [1.807, 2.05) is 0 Å². The number of alkyl halides is 3. The van der Waals surface area contributed by atoms with Crippen LogP contribution in [-0.4, -0.2) is 29.3 Å². The fraction of sp³-hybridized carbons (Fsp3) is 0.462. The molecule has 3 N–H and O–H groups in total. The Morgan fingerprint density at radius 1 is 1.30 bits per heavy atom. The minimum Gasteiger partial charge on any atom is -0.394 e. The molecule has 0 atom stereocenters. The lowest BCUT2D eigenvalue weighted by Crippen LogP contribution is -2.42. The largest absolute Gasteiger partial charge is 0.471 e. The summed E-state index contributed by atoms with van der Waals surface area (Å²) in [5, 5.41) is 13.9. The van der Waals surface area contributed by atoms with E-state index in [-0.39, 0.29) is 12.3 Å². The fourth-order valence-electron chi connectivity index (χ4n) is 1.36. The van der Waals surface area contributed by atoms with Gasteiger partial charge >= 0.3 is 12.1 Å². The first-order valence-corrected chi connectivity index (χ1v) is 5.97. The molecule has 0 fully saturated rings. The van der Waals surface area contributed by atoms with E-state index in [1.165, 1.54) is 12.1 Å². The Morgan fingerprint density at radius 3 is 2.50 bits per heavy atom. The third-order valence-electron chi connectivity index (χ3n) is 2.61.